The van der Waals surface area contributed by atoms with E-state index in [-0.39, 0.29) is 64.8 Å². The molecule has 0 heterocycles. The Labute approximate surface area is 334 Å². The highest BCUT2D eigenvalue weighted by atomic mass is 32.2. The molecule has 0 aliphatic carbocycles. The van der Waals surface area contributed by atoms with Crippen LogP contribution < -0.4 is 0 Å². The van der Waals surface area contributed by atoms with Crippen molar-refractivity contribution in [3.05, 3.63) is 13.8 Å². The van der Waals surface area contributed by atoms with Gasteiger partial charge in [0.1, 0.15) is 0 Å². The first-order valence-electron chi connectivity index (χ1n) is 18.8. The summed E-state index contributed by atoms with van der Waals surface area (Å²) >= 11 is 0. The summed E-state index contributed by atoms with van der Waals surface area (Å²) in [6, 6.07) is 0. The molecule has 0 saturated carbocycles. The monoisotopic (exact) mass is 840 g/mol. The third-order valence-electron chi connectivity index (χ3n) is 9.47. The number of carbonyl (C=O) groups excluding carboxylic acids is 5. The zero-order chi connectivity index (χ0) is 43.7. The van der Waals surface area contributed by atoms with Crippen molar-refractivity contribution in [2.75, 3.05) is 44.5 Å². The fourth-order valence-electron chi connectivity index (χ4n) is 6.91. The lowest BCUT2D eigenvalue weighted by Gasteiger charge is -2.44. The summed E-state index contributed by atoms with van der Waals surface area (Å²) in [6.07, 6.45) is -0.561. The van der Waals surface area contributed by atoms with Crippen molar-refractivity contribution in [2.24, 2.45) is 27.1 Å². The maximum Gasteiger partial charge on any atom is 0.311 e. The molecule has 0 rings (SSSR count). The standard InChI is InChI=1S/C38H64O16S2/c1-11-15-20-52-33(43)38(10,27-36(8,25-34(5,6)29(39)50-18-12-2)31(41)53-21-16-23-55(44,45)46)28-37(9,32(42)54-22-17-24-56(47,48)49)26-35(7,14-4)30(40)51-19-13-3/h2-3H,11-28H2,1,4-10H3,(H,44,45,46)(H,47,48,49). The quantitative estimate of drug-likeness (QED) is 0.0421. The molecule has 56 heavy (non-hydrogen) atoms. The van der Waals surface area contributed by atoms with Gasteiger partial charge in [0.2, 0.25) is 0 Å². The van der Waals surface area contributed by atoms with Gasteiger partial charge >= 0.3 is 29.8 Å². The van der Waals surface area contributed by atoms with Crippen LogP contribution in [0.4, 0.5) is 0 Å². The van der Waals surface area contributed by atoms with Crippen LogP contribution in [0.2, 0.25) is 0 Å². The topological polar surface area (TPSA) is 240 Å². The molecule has 0 spiro atoms. The summed E-state index contributed by atoms with van der Waals surface area (Å²) in [5.74, 6) is -5.48. The maximum absolute atomic E-state index is 14.3. The predicted molar refractivity (Wildman–Crippen MR) is 205 cm³/mol. The largest absolute Gasteiger partial charge is 0.465 e. The maximum atomic E-state index is 14.3. The van der Waals surface area contributed by atoms with Crippen LogP contribution in [0.1, 0.15) is 126 Å². The lowest BCUT2D eigenvalue weighted by Crippen LogP contribution is -2.49. The molecule has 4 radical (unpaired) electrons. The minimum Gasteiger partial charge on any atom is -0.465 e. The van der Waals surface area contributed by atoms with Gasteiger partial charge in [0, 0.05) is 0 Å². The van der Waals surface area contributed by atoms with Crippen LogP contribution in [0.3, 0.4) is 0 Å². The number of rotatable bonds is 29. The Morgan fingerprint density at radius 1 is 0.482 bits per heavy atom. The number of esters is 5. The van der Waals surface area contributed by atoms with Gasteiger partial charge in [-0.1, -0.05) is 20.3 Å². The van der Waals surface area contributed by atoms with Crippen molar-refractivity contribution in [1.29, 1.82) is 0 Å². The summed E-state index contributed by atoms with van der Waals surface area (Å²) in [6.45, 7) is 22.5. The fraction of sp³-hybridized carbons (Fsp3) is 0.816. The summed E-state index contributed by atoms with van der Waals surface area (Å²) in [7, 11) is -8.76. The van der Waals surface area contributed by atoms with E-state index in [4.69, 9.17) is 37.5 Å². The Morgan fingerprint density at radius 2 is 0.786 bits per heavy atom. The molecule has 0 aromatic carbocycles. The van der Waals surface area contributed by atoms with Crippen molar-refractivity contribution in [3.63, 3.8) is 0 Å². The molecular weight excluding hydrogens is 777 g/mol. The van der Waals surface area contributed by atoms with Gasteiger partial charge in [0.25, 0.3) is 20.2 Å². The number of carbonyl (C=O) groups is 5. The van der Waals surface area contributed by atoms with Crippen molar-refractivity contribution in [2.45, 2.75) is 126 Å². The SMILES string of the molecule is [CH]CCOC(=O)C(C)(C)CC(C)(CC(C)(CC(C)(CC(C)(CC)C(=O)OCC[CH])C(=O)OCCCS(=O)(=O)O)C(=O)OCCCC)C(=O)OCCCS(=O)(=O)O. The van der Waals surface area contributed by atoms with Gasteiger partial charge in [-0.2, -0.15) is 16.8 Å². The van der Waals surface area contributed by atoms with Crippen molar-refractivity contribution in [1.82, 2.24) is 0 Å². The lowest BCUT2D eigenvalue weighted by molar-refractivity contribution is -0.174. The van der Waals surface area contributed by atoms with E-state index in [1.165, 1.54) is 34.6 Å². The molecule has 16 nitrogen and oxygen atoms in total. The second-order valence-corrected chi connectivity index (χ2v) is 19.2. The Kier molecular flexibility index (Phi) is 21.8. The molecule has 0 fully saturated rings. The molecule has 0 aromatic heterocycles. The first-order chi connectivity index (χ1) is 25.6. The van der Waals surface area contributed by atoms with Gasteiger partial charge in [0.05, 0.1) is 71.6 Å². The fourth-order valence-corrected chi connectivity index (χ4v) is 7.88. The van der Waals surface area contributed by atoms with Crippen molar-refractivity contribution >= 4 is 50.1 Å². The van der Waals surface area contributed by atoms with E-state index < -0.39 is 115 Å². The Balaban J connectivity index is 7.48. The van der Waals surface area contributed by atoms with Crippen LogP contribution in [-0.4, -0.2) is 100 Å². The normalized spacial score (nSPS) is 16.6. The second-order valence-electron chi connectivity index (χ2n) is 16.1. The van der Waals surface area contributed by atoms with Gasteiger partial charge in [0.15, 0.2) is 0 Å². The van der Waals surface area contributed by atoms with Gasteiger partial charge < -0.3 is 23.7 Å². The van der Waals surface area contributed by atoms with Gasteiger partial charge in [-0.3, -0.25) is 33.1 Å². The van der Waals surface area contributed by atoms with Crippen molar-refractivity contribution < 1.29 is 73.6 Å². The molecule has 0 aliphatic heterocycles. The highest BCUT2D eigenvalue weighted by Gasteiger charge is 2.55. The van der Waals surface area contributed by atoms with Crippen LogP contribution in [-0.2, 0) is 67.9 Å². The predicted octanol–water partition coefficient (Wildman–Crippen LogP) is 5.28. The smallest absolute Gasteiger partial charge is 0.311 e. The molecule has 0 amide bonds. The first-order valence-corrected chi connectivity index (χ1v) is 22.0. The summed E-state index contributed by atoms with van der Waals surface area (Å²) < 4.78 is 91.1. The second kappa shape index (κ2) is 22.9. The first kappa shape index (κ1) is 53.2. The van der Waals surface area contributed by atoms with E-state index in [1.54, 1.807) is 13.8 Å². The molecule has 0 aromatic rings. The Bertz CT molecular complexity index is 1530. The van der Waals surface area contributed by atoms with Crippen LogP contribution in [0.15, 0.2) is 0 Å². The molecule has 324 valence electrons. The Morgan fingerprint density at radius 3 is 1.12 bits per heavy atom. The molecule has 0 bridgehead atoms. The van der Waals surface area contributed by atoms with E-state index in [1.807, 2.05) is 6.92 Å². The average Bonchev–Trinajstić information content (AvgIpc) is 3.08. The highest BCUT2D eigenvalue weighted by molar-refractivity contribution is 7.86. The minimum atomic E-state index is -4.38. The molecule has 18 heteroatoms. The average molecular weight is 841 g/mol. The van der Waals surface area contributed by atoms with E-state index >= 15 is 0 Å². The molecular formula is C38H64O16S2. The number of hydrogen-bond donors (Lipinski definition) is 2. The molecule has 4 atom stereocenters. The molecule has 4 unspecified atom stereocenters. The zero-order valence-corrected chi connectivity index (χ0v) is 35.9. The van der Waals surface area contributed by atoms with Crippen LogP contribution in [0.5, 0.6) is 0 Å². The third-order valence-corrected chi connectivity index (χ3v) is 11.1. The number of ether oxygens (including phenoxy) is 5. The van der Waals surface area contributed by atoms with Gasteiger partial charge in [-0.05, 0) is 120 Å². The van der Waals surface area contributed by atoms with Crippen LogP contribution in [0.25, 0.3) is 0 Å². The van der Waals surface area contributed by atoms with E-state index in [2.05, 4.69) is 0 Å². The van der Waals surface area contributed by atoms with Crippen LogP contribution in [0, 0.1) is 40.9 Å². The number of hydrogen-bond acceptors (Lipinski definition) is 14. The summed E-state index contributed by atoms with van der Waals surface area (Å²) in [4.78, 5) is 69.2. The lowest BCUT2D eigenvalue weighted by atomic mass is 9.59. The van der Waals surface area contributed by atoms with Crippen molar-refractivity contribution in [3.8, 4) is 0 Å². The highest BCUT2D eigenvalue weighted by Crippen LogP contribution is 2.52. The zero-order valence-electron chi connectivity index (χ0n) is 34.3. The van der Waals surface area contributed by atoms with Crippen LogP contribution >= 0.6 is 0 Å². The molecule has 2 N–H and O–H groups in total. The van der Waals surface area contributed by atoms with Gasteiger partial charge in [-0.25, -0.2) is 0 Å². The summed E-state index contributed by atoms with van der Waals surface area (Å²) in [5.41, 5.74) is -8.00. The van der Waals surface area contributed by atoms with Gasteiger partial charge in [-0.15, -0.1) is 0 Å². The van der Waals surface area contributed by atoms with E-state index in [9.17, 15) is 49.9 Å². The molecule has 0 saturated heterocycles. The Hall–Kier alpha value is -2.83. The van der Waals surface area contributed by atoms with E-state index in [0.29, 0.717) is 12.8 Å². The third kappa shape index (κ3) is 18.6. The minimum absolute atomic E-state index is 0.0203. The van der Waals surface area contributed by atoms with E-state index in [0.717, 1.165) is 0 Å². The number of unbranched alkanes of at least 4 members (excludes halogenated alkanes) is 1. The molecule has 0 aliphatic rings. The summed E-state index contributed by atoms with van der Waals surface area (Å²) in [5, 5.41) is 0.